The molecule has 0 unspecified atom stereocenters. The number of allylic oxidation sites excluding steroid dienone is 2. The number of H-pyrrole nitrogens is 1. The molecule has 0 amide bonds. The number of fused-ring (bicyclic) bond motifs is 3. The van der Waals surface area contributed by atoms with Gasteiger partial charge in [0.25, 0.3) is 5.56 Å². The van der Waals surface area contributed by atoms with Crippen molar-refractivity contribution in [1.29, 1.82) is 0 Å². The first kappa shape index (κ1) is 20.3. The van der Waals surface area contributed by atoms with Crippen LogP contribution >= 0.6 is 0 Å². The van der Waals surface area contributed by atoms with E-state index in [2.05, 4.69) is 65.5 Å². The Bertz CT molecular complexity index is 1470. The molecule has 1 aliphatic carbocycles. The number of nitrogens with one attached hydrogen (secondary N) is 1. The molecule has 32 heavy (non-hydrogen) atoms. The number of rotatable bonds is 5. The van der Waals surface area contributed by atoms with E-state index in [1.807, 2.05) is 19.1 Å². The van der Waals surface area contributed by atoms with Gasteiger partial charge in [0.05, 0.1) is 11.2 Å². The monoisotopic (exact) mass is 421 g/mol. The van der Waals surface area contributed by atoms with E-state index in [0.29, 0.717) is 18.7 Å². The van der Waals surface area contributed by atoms with Gasteiger partial charge in [-0.15, -0.1) is 0 Å². The topological polar surface area (TPSA) is 63.8 Å². The summed E-state index contributed by atoms with van der Waals surface area (Å²) >= 11 is 0. The largest absolute Gasteiger partial charge is 0.336 e. The Morgan fingerprint density at radius 2 is 2.00 bits per heavy atom. The van der Waals surface area contributed by atoms with Crippen molar-refractivity contribution in [2.24, 2.45) is 5.73 Å². The van der Waals surface area contributed by atoms with Crippen molar-refractivity contribution in [1.82, 2.24) is 9.55 Å². The Labute approximate surface area is 187 Å². The van der Waals surface area contributed by atoms with Crippen LogP contribution in [0.1, 0.15) is 40.4 Å². The van der Waals surface area contributed by atoms with Crippen LogP contribution in [0.2, 0.25) is 0 Å². The highest BCUT2D eigenvalue weighted by Crippen LogP contribution is 2.43. The van der Waals surface area contributed by atoms with Crippen LogP contribution in [0.3, 0.4) is 0 Å². The molecule has 0 bridgehead atoms. The van der Waals surface area contributed by atoms with Gasteiger partial charge in [-0.1, -0.05) is 43.0 Å². The summed E-state index contributed by atoms with van der Waals surface area (Å²) in [4.78, 5) is 15.8. The first-order chi connectivity index (χ1) is 15.5. The zero-order valence-electron chi connectivity index (χ0n) is 18.5. The smallest absolute Gasteiger partial charge is 0.255 e. The molecule has 4 heteroatoms. The van der Waals surface area contributed by atoms with E-state index < -0.39 is 0 Å². The summed E-state index contributed by atoms with van der Waals surface area (Å²) in [6.07, 6.45) is 6.96. The van der Waals surface area contributed by atoms with Crippen LogP contribution in [-0.2, 0) is 19.5 Å². The fourth-order valence-corrected chi connectivity index (χ4v) is 5.01. The second-order valence-electron chi connectivity index (χ2n) is 8.61. The maximum absolute atomic E-state index is 12.9. The van der Waals surface area contributed by atoms with E-state index in [4.69, 9.17) is 5.73 Å². The Kier molecular flexibility index (Phi) is 4.95. The van der Waals surface area contributed by atoms with Crippen molar-refractivity contribution in [3.8, 4) is 11.1 Å². The van der Waals surface area contributed by atoms with Crippen LogP contribution in [0, 0.1) is 6.92 Å². The maximum Gasteiger partial charge on any atom is 0.255 e. The van der Waals surface area contributed by atoms with Crippen LogP contribution in [-0.4, -0.2) is 9.55 Å². The van der Waals surface area contributed by atoms with Crippen molar-refractivity contribution < 1.29 is 0 Å². The summed E-state index contributed by atoms with van der Waals surface area (Å²) < 4.78 is 2.32. The number of aromatic amines is 1. The standard InChI is InChI=1S/C28H27N3O/c1-17(2)27-26(23-11-6-12-30-28(23)32)25-22-10-5-9-21(22)18(3)13-24(25)31(27)16-20-8-4-7-19(14-20)15-29/h4-9,11-14H,1,10,15-16,29H2,2-3H3,(H,30,32). The van der Waals surface area contributed by atoms with Crippen LogP contribution in [0.25, 0.3) is 33.7 Å². The molecule has 2 aromatic heterocycles. The molecule has 0 saturated heterocycles. The SMILES string of the molecule is C=C(C)c1c(-c2ccc[nH]c2=O)c2c3c(c(C)cc2n1Cc1cccc(CN)c1)C=CC3. The lowest BCUT2D eigenvalue weighted by atomic mass is 9.93. The van der Waals surface area contributed by atoms with E-state index in [-0.39, 0.29) is 5.56 Å². The summed E-state index contributed by atoms with van der Waals surface area (Å²) in [5, 5.41) is 1.15. The summed E-state index contributed by atoms with van der Waals surface area (Å²) in [6.45, 7) is 9.70. The number of hydrogen-bond donors (Lipinski definition) is 2. The average molecular weight is 422 g/mol. The molecule has 2 heterocycles. The average Bonchev–Trinajstić information content (AvgIpc) is 3.38. The van der Waals surface area contributed by atoms with Gasteiger partial charge in [0, 0.05) is 35.8 Å². The Hall–Kier alpha value is -3.63. The number of nitrogens with zero attached hydrogens (tertiary/aromatic N) is 1. The van der Waals surface area contributed by atoms with Gasteiger partial charge in [-0.3, -0.25) is 4.79 Å². The molecule has 0 fully saturated rings. The Balaban J connectivity index is 1.89. The van der Waals surface area contributed by atoms with Crippen molar-refractivity contribution >= 4 is 22.6 Å². The summed E-state index contributed by atoms with van der Waals surface area (Å²) in [5.41, 5.74) is 16.6. The van der Waals surface area contributed by atoms with E-state index in [1.54, 1.807) is 6.20 Å². The normalized spacial score (nSPS) is 12.5. The highest BCUT2D eigenvalue weighted by molar-refractivity contribution is 6.06. The third-order valence-electron chi connectivity index (χ3n) is 6.37. The summed E-state index contributed by atoms with van der Waals surface area (Å²) in [7, 11) is 0. The Morgan fingerprint density at radius 1 is 1.19 bits per heavy atom. The molecular weight excluding hydrogens is 394 g/mol. The number of pyridine rings is 1. The first-order valence-electron chi connectivity index (χ1n) is 11.0. The van der Waals surface area contributed by atoms with Crippen LogP contribution in [0.4, 0.5) is 0 Å². The van der Waals surface area contributed by atoms with Gasteiger partial charge in [0.2, 0.25) is 0 Å². The van der Waals surface area contributed by atoms with Crippen molar-refractivity contribution in [2.75, 3.05) is 0 Å². The van der Waals surface area contributed by atoms with Gasteiger partial charge < -0.3 is 15.3 Å². The molecule has 3 N–H and O–H groups in total. The quantitative estimate of drug-likeness (QED) is 0.452. The lowest BCUT2D eigenvalue weighted by Gasteiger charge is -2.14. The first-order valence-corrected chi connectivity index (χ1v) is 11.0. The lowest BCUT2D eigenvalue weighted by Crippen LogP contribution is -2.09. The maximum atomic E-state index is 12.9. The second-order valence-corrected chi connectivity index (χ2v) is 8.61. The van der Waals surface area contributed by atoms with Gasteiger partial charge in [-0.25, -0.2) is 0 Å². The number of nitrogens with two attached hydrogens (primary N) is 1. The van der Waals surface area contributed by atoms with Gasteiger partial charge in [-0.2, -0.15) is 0 Å². The van der Waals surface area contributed by atoms with E-state index >= 15 is 0 Å². The molecule has 0 spiro atoms. The Morgan fingerprint density at radius 3 is 2.75 bits per heavy atom. The van der Waals surface area contributed by atoms with Crippen molar-refractivity contribution in [3.05, 3.63) is 105 Å². The van der Waals surface area contributed by atoms with Crippen molar-refractivity contribution in [2.45, 2.75) is 33.4 Å². The molecule has 0 atom stereocenters. The molecular formula is C28H27N3O. The van der Waals surface area contributed by atoms with Gasteiger partial charge in [0.1, 0.15) is 0 Å². The third kappa shape index (κ3) is 3.15. The molecule has 0 saturated carbocycles. The number of benzene rings is 2. The molecule has 160 valence electrons. The van der Waals surface area contributed by atoms with Gasteiger partial charge in [-0.05, 0) is 71.9 Å². The predicted molar refractivity (Wildman–Crippen MR) is 134 cm³/mol. The van der Waals surface area contributed by atoms with E-state index in [9.17, 15) is 4.79 Å². The van der Waals surface area contributed by atoms with Crippen molar-refractivity contribution in [3.63, 3.8) is 0 Å². The molecule has 4 nitrogen and oxygen atoms in total. The molecule has 4 aromatic rings. The van der Waals surface area contributed by atoms with E-state index in [0.717, 1.165) is 39.7 Å². The molecule has 0 aliphatic heterocycles. The minimum atomic E-state index is -0.0838. The zero-order chi connectivity index (χ0) is 22.4. The number of aromatic nitrogens is 2. The number of aryl methyl sites for hydroxylation is 1. The molecule has 2 aromatic carbocycles. The molecule has 1 aliphatic rings. The molecule has 0 radical (unpaired) electrons. The fourth-order valence-electron chi connectivity index (χ4n) is 5.01. The minimum absolute atomic E-state index is 0.0838. The summed E-state index contributed by atoms with van der Waals surface area (Å²) in [6, 6.07) is 14.4. The highest BCUT2D eigenvalue weighted by Gasteiger charge is 2.26. The van der Waals surface area contributed by atoms with Crippen LogP contribution in [0.5, 0.6) is 0 Å². The third-order valence-corrected chi connectivity index (χ3v) is 6.37. The molecule has 5 rings (SSSR count). The second kappa shape index (κ2) is 7.81. The lowest BCUT2D eigenvalue weighted by molar-refractivity contribution is 0.821. The van der Waals surface area contributed by atoms with Crippen LogP contribution < -0.4 is 11.3 Å². The summed E-state index contributed by atoms with van der Waals surface area (Å²) in [5.74, 6) is 0. The van der Waals surface area contributed by atoms with Gasteiger partial charge in [0.15, 0.2) is 0 Å². The van der Waals surface area contributed by atoms with E-state index in [1.165, 1.54) is 22.3 Å². The fraction of sp³-hybridized carbons (Fsp3) is 0.179. The van der Waals surface area contributed by atoms with Crippen LogP contribution in [0.15, 0.2) is 66.1 Å². The predicted octanol–water partition coefficient (Wildman–Crippen LogP) is 5.41. The van der Waals surface area contributed by atoms with Gasteiger partial charge >= 0.3 is 0 Å². The minimum Gasteiger partial charge on any atom is -0.336 e. The zero-order valence-corrected chi connectivity index (χ0v) is 18.5. The highest BCUT2D eigenvalue weighted by atomic mass is 16.1. The number of hydrogen-bond acceptors (Lipinski definition) is 2.